The highest BCUT2D eigenvalue weighted by atomic mass is 32.2. The van der Waals surface area contributed by atoms with Crippen molar-refractivity contribution >= 4 is 11.8 Å². The van der Waals surface area contributed by atoms with Crippen molar-refractivity contribution < 1.29 is 0 Å². The van der Waals surface area contributed by atoms with Gasteiger partial charge in [-0.15, -0.1) is 0 Å². The third-order valence-corrected chi connectivity index (χ3v) is 3.94. The van der Waals surface area contributed by atoms with E-state index in [0.717, 1.165) is 6.42 Å². The molecule has 0 spiro atoms. The van der Waals surface area contributed by atoms with E-state index < -0.39 is 0 Å². The summed E-state index contributed by atoms with van der Waals surface area (Å²) in [7, 11) is 0. The highest BCUT2D eigenvalue weighted by Crippen LogP contribution is 2.33. The Labute approximate surface area is 112 Å². The molecular weight excluding hydrogens is 224 g/mol. The Hall–Kier alpha value is -0.690. The molecule has 17 heavy (non-hydrogen) atoms. The Bertz CT molecular complexity index is 351. The summed E-state index contributed by atoms with van der Waals surface area (Å²) < 4.78 is 0. The van der Waals surface area contributed by atoms with Crippen LogP contribution >= 0.6 is 11.8 Å². The van der Waals surface area contributed by atoms with Crippen molar-refractivity contribution in [2.24, 2.45) is 5.92 Å². The predicted molar refractivity (Wildman–Crippen MR) is 81.7 cm³/mol. The van der Waals surface area contributed by atoms with E-state index in [4.69, 9.17) is 0 Å². The molecule has 0 aliphatic rings. The van der Waals surface area contributed by atoms with Crippen LogP contribution in [0.5, 0.6) is 0 Å². The molecule has 0 aliphatic carbocycles. The van der Waals surface area contributed by atoms with Gasteiger partial charge in [0.1, 0.15) is 0 Å². The first-order valence-electron chi connectivity index (χ1n) is 6.50. The van der Waals surface area contributed by atoms with Crippen LogP contribution in [-0.4, -0.2) is 0 Å². The van der Waals surface area contributed by atoms with Crippen molar-refractivity contribution in [2.45, 2.75) is 52.9 Å². The number of hydrogen-bond donors (Lipinski definition) is 0. The molecule has 96 valence electrons. The van der Waals surface area contributed by atoms with Crippen LogP contribution in [0.25, 0.3) is 0 Å². The summed E-state index contributed by atoms with van der Waals surface area (Å²) in [4.78, 5) is 2.60. The zero-order valence-electron chi connectivity index (χ0n) is 12.1. The minimum Gasteiger partial charge on any atom is -0.0946 e. The maximum Gasteiger partial charge on any atom is 0.0150 e. The molecule has 0 nitrogen and oxygen atoms in total. The standard InChI is InChI=1S/C14H20S.C2H6/c1-6-13-8-7-11(4)14(9-13)15-12(5)10(2)3;1-2/h7-10H,5-6H2,1-4H3;1-2H3. The largest absolute Gasteiger partial charge is 0.0946 e. The molecule has 0 saturated heterocycles. The maximum atomic E-state index is 4.11. The van der Waals surface area contributed by atoms with Crippen LogP contribution in [0.1, 0.15) is 45.7 Å². The summed E-state index contributed by atoms with van der Waals surface area (Å²) in [5.74, 6) is 0.541. The van der Waals surface area contributed by atoms with Gasteiger partial charge in [-0.25, -0.2) is 0 Å². The molecule has 0 aliphatic heterocycles. The molecule has 0 N–H and O–H groups in total. The minimum atomic E-state index is 0.541. The van der Waals surface area contributed by atoms with Gasteiger partial charge < -0.3 is 0 Å². The van der Waals surface area contributed by atoms with Crippen molar-refractivity contribution in [1.82, 2.24) is 0 Å². The highest BCUT2D eigenvalue weighted by molar-refractivity contribution is 8.03. The summed E-state index contributed by atoms with van der Waals surface area (Å²) in [5, 5.41) is 0. The van der Waals surface area contributed by atoms with E-state index >= 15 is 0 Å². The minimum absolute atomic E-state index is 0.541. The quantitative estimate of drug-likeness (QED) is 0.604. The summed E-state index contributed by atoms with van der Waals surface area (Å²) in [6.45, 7) is 16.8. The number of allylic oxidation sites excluding steroid dienone is 1. The van der Waals surface area contributed by atoms with Crippen LogP contribution in [0.15, 0.2) is 34.6 Å². The van der Waals surface area contributed by atoms with Gasteiger partial charge in [-0.3, -0.25) is 0 Å². The zero-order valence-corrected chi connectivity index (χ0v) is 12.9. The lowest BCUT2D eigenvalue weighted by molar-refractivity contribution is 0.819. The topological polar surface area (TPSA) is 0 Å². The predicted octanol–water partition coefficient (Wildman–Crippen LogP) is 5.85. The Morgan fingerprint density at radius 2 is 1.88 bits per heavy atom. The van der Waals surface area contributed by atoms with Gasteiger partial charge in [0.2, 0.25) is 0 Å². The summed E-state index contributed by atoms with van der Waals surface area (Å²) in [5.41, 5.74) is 2.75. The average molecular weight is 250 g/mol. The van der Waals surface area contributed by atoms with Gasteiger partial charge in [-0.05, 0) is 41.4 Å². The maximum absolute atomic E-state index is 4.11. The average Bonchev–Trinajstić information content (AvgIpc) is 2.34. The fourth-order valence-corrected chi connectivity index (χ4v) is 2.19. The number of hydrogen-bond acceptors (Lipinski definition) is 1. The molecule has 1 aromatic carbocycles. The van der Waals surface area contributed by atoms with E-state index in [1.807, 2.05) is 25.6 Å². The normalized spacial score (nSPS) is 9.82. The summed E-state index contributed by atoms with van der Waals surface area (Å²) in [6.07, 6.45) is 1.10. The third-order valence-electron chi connectivity index (χ3n) is 2.55. The molecule has 1 heteroatoms. The van der Waals surface area contributed by atoms with E-state index in [2.05, 4.69) is 52.5 Å². The van der Waals surface area contributed by atoms with Crippen LogP contribution in [0.2, 0.25) is 0 Å². The number of thioether (sulfide) groups is 1. The van der Waals surface area contributed by atoms with E-state index in [-0.39, 0.29) is 0 Å². The molecule has 0 aromatic heterocycles. The Kier molecular flexibility index (Phi) is 8.07. The molecule has 1 aromatic rings. The fourth-order valence-electron chi connectivity index (χ4n) is 1.23. The van der Waals surface area contributed by atoms with Crippen LogP contribution in [-0.2, 0) is 6.42 Å². The second-order valence-corrected chi connectivity index (χ2v) is 5.34. The van der Waals surface area contributed by atoms with Crippen LogP contribution < -0.4 is 0 Å². The van der Waals surface area contributed by atoms with E-state index in [0.29, 0.717) is 5.92 Å². The summed E-state index contributed by atoms with van der Waals surface area (Å²) in [6, 6.07) is 6.69. The van der Waals surface area contributed by atoms with Crippen LogP contribution in [0.3, 0.4) is 0 Å². The highest BCUT2D eigenvalue weighted by Gasteiger charge is 2.05. The first kappa shape index (κ1) is 16.3. The number of aryl methyl sites for hydroxylation is 2. The first-order chi connectivity index (χ1) is 8.04. The molecule has 0 bridgehead atoms. The Morgan fingerprint density at radius 3 is 2.35 bits per heavy atom. The molecule has 0 atom stereocenters. The second-order valence-electron chi connectivity index (χ2n) is 4.18. The van der Waals surface area contributed by atoms with Crippen LogP contribution in [0.4, 0.5) is 0 Å². The van der Waals surface area contributed by atoms with Crippen LogP contribution in [0, 0.1) is 12.8 Å². The van der Waals surface area contributed by atoms with Gasteiger partial charge in [0.05, 0.1) is 0 Å². The lowest BCUT2D eigenvalue weighted by Crippen LogP contribution is -1.90. The van der Waals surface area contributed by atoms with Gasteiger partial charge in [0.25, 0.3) is 0 Å². The van der Waals surface area contributed by atoms with E-state index in [9.17, 15) is 0 Å². The van der Waals surface area contributed by atoms with Crippen molar-refractivity contribution in [3.8, 4) is 0 Å². The molecule has 0 unspecified atom stereocenters. The van der Waals surface area contributed by atoms with Gasteiger partial charge in [-0.1, -0.05) is 65.1 Å². The first-order valence-corrected chi connectivity index (χ1v) is 7.32. The van der Waals surface area contributed by atoms with E-state index in [1.165, 1.54) is 20.9 Å². The lowest BCUT2D eigenvalue weighted by Gasteiger charge is -2.12. The third kappa shape index (κ3) is 5.45. The zero-order chi connectivity index (χ0) is 13.4. The molecule has 1 rings (SSSR count). The van der Waals surface area contributed by atoms with Gasteiger partial charge >= 0.3 is 0 Å². The van der Waals surface area contributed by atoms with Crippen molar-refractivity contribution in [2.75, 3.05) is 0 Å². The van der Waals surface area contributed by atoms with E-state index in [1.54, 1.807) is 0 Å². The molecular formula is C16H26S. The lowest BCUT2D eigenvalue weighted by atomic mass is 10.1. The van der Waals surface area contributed by atoms with Crippen molar-refractivity contribution in [3.63, 3.8) is 0 Å². The smallest absolute Gasteiger partial charge is 0.0150 e. The van der Waals surface area contributed by atoms with Gasteiger partial charge in [0.15, 0.2) is 0 Å². The molecule has 0 amide bonds. The Balaban J connectivity index is 0.00000121. The van der Waals surface area contributed by atoms with Crippen molar-refractivity contribution in [3.05, 3.63) is 40.8 Å². The number of benzene rings is 1. The molecule has 0 radical (unpaired) electrons. The number of rotatable bonds is 4. The second kappa shape index (κ2) is 8.41. The van der Waals surface area contributed by atoms with Crippen molar-refractivity contribution in [1.29, 1.82) is 0 Å². The molecule has 0 fully saturated rings. The molecule has 0 saturated carbocycles. The van der Waals surface area contributed by atoms with Gasteiger partial charge in [-0.2, -0.15) is 0 Å². The van der Waals surface area contributed by atoms with Gasteiger partial charge in [0, 0.05) is 4.90 Å². The Morgan fingerprint density at radius 1 is 1.29 bits per heavy atom. The monoisotopic (exact) mass is 250 g/mol. The molecule has 0 heterocycles. The summed E-state index contributed by atoms with van der Waals surface area (Å²) >= 11 is 1.81. The fraction of sp³-hybridized carbons (Fsp3) is 0.500. The SMILES string of the molecule is C=C(Sc1cc(CC)ccc1C)C(C)C.CC.